The summed E-state index contributed by atoms with van der Waals surface area (Å²) >= 11 is 18.9. The number of halogens is 5. The van der Waals surface area contributed by atoms with Crippen LogP contribution in [0.2, 0.25) is 10.3 Å². The molecule has 5 heterocycles. The van der Waals surface area contributed by atoms with Crippen LogP contribution in [0.4, 0.5) is 8.78 Å². The highest BCUT2D eigenvalue weighted by Gasteiger charge is 2.26. The van der Waals surface area contributed by atoms with Gasteiger partial charge in [0, 0.05) is 64.4 Å². The molecule has 6 aromatic rings. The van der Waals surface area contributed by atoms with Crippen molar-refractivity contribution >= 4 is 56.6 Å². The first-order valence-electron chi connectivity index (χ1n) is 12.7. The average Bonchev–Trinajstić information content (AvgIpc) is 3.55. The first-order chi connectivity index (χ1) is 19.4. The maximum absolute atomic E-state index is 16.0. The molecule has 200 valence electrons. The Labute approximate surface area is 242 Å². The molecule has 2 aromatic carbocycles. The lowest BCUT2D eigenvalue weighted by Gasteiger charge is -2.18. The number of aryl methyl sites for hydroxylation is 3. The van der Waals surface area contributed by atoms with Crippen molar-refractivity contribution in [2.75, 3.05) is 5.88 Å². The van der Waals surface area contributed by atoms with Crippen molar-refractivity contribution in [1.29, 1.82) is 0 Å². The molecule has 0 spiro atoms. The molecule has 7 rings (SSSR count). The fraction of sp³-hybridized carbons (Fsp3) is 0.172. The normalized spacial score (nSPS) is 12.7. The maximum Gasteiger partial charge on any atom is 0.301 e. The molecule has 0 saturated carbocycles. The summed E-state index contributed by atoms with van der Waals surface area (Å²) in [5, 5.41) is 14.5. The Bertz CT molecular complexity index is 1970. The van der Waals surface area contributed by atoms with E-state index in [1.807, 2.05) is 12.1 Å². The van der Waals surface area contributed by atoms with Gasteiger partial charge in [-0.25, -0.2) is 8.78 Å². The number of nitrogens with zero attached hydrogens (tertiary/aromatic N) is 5. The average molecular weight is 597 g/mol. The van der Waals surface area contributed by atoms with Crippen LogP contribution in [-0.2, 0) is 25.9 Å². The van der Waals surface area contributed by atoms with E-state index in [1.165, 1.54) is 6.07 Å². The molecule has 0 fully saturated rings. The molecule has 1 N–H and O–H groups in total. The van der Waals surface area contributed by atoms with Crippen molar-refractivity contribution in [3.05, 3.63) is 93.5 Å². The highest BCUT2D eigenvalue weighted by molar-refractivity contribution is 6.29. The molecular weight excluding hydrogens is 577 g/mol. The van der Waals surface area contributed by atoms with Crippen molar-refractivity contribution in [3.8, 4) is 22.5 Å². The van der Waals surface area contributed by atoms with E-state index in [4.69, 9.17) is 39.9 Å². The lowest BCUT2D eigenvalue weighted by Crippen LogP contribution is -2.41. The van der Waals surface area contributed by atoms with E-state index in [-0.39, 0.29) is 18.2 Å². The van der Waals surface area contributed by atoms with Gasteiger partial charge < -0.3 is 9.55 Å². The Morgan fingerprint density at radius 2 is 1.85 bits per heavy atom. The summed E-state index contributed by atoms with van der Waals surface area (Å²) in [6.07, 6.45) is 1.14. The van der Waals surface area contributed by atoms with E-state index in [0.29, 0.717) is 74.4 Å². The first kappa shape index (κ1) is 25.4. The Morgan fingerprint density at radius 1 is 0.975 bits per heavy atom. The molecule has 6 nitrogen and oxygen atoms in total. The molecule has 0 amide bonds. The standard InChI is InChI=1S/C29H19Cl3F2N6/c30-8-6-23-17(24-10-16-20(33)2-1-3-21(16)35-24)13-28(32)40(38-23)14-15-4-5-25-19(29(15)34)11-26-18-12-27(31)37-36-22(18)7-9-39(25)26/h1-5,10-13H,6-9,14H2/p+1. The third kappa shape index (κ3) is 4.13. The van der Waals surface area contributed by atoms with Crippen LogP contribution < -0.4 is 4.68 Å². The fourth-order valence-electron chi connectivity index (χ4n) is 5.52. The Balaban J connectivity index is 1.29. The second-order valence-electron chi connectivity index (χ2n) is 9.74. The van der Waals surface area contributed by atoms with Gasteiger partial charge in [0.05, 0.1) is 22.5 Å². The molecule has 1 aliphatic rings. The Kier molecular flexibility index (Phi) is 6.22. The molecule has 1 aliphatic heterocycles. The summed E-state index contributed by atoms with van der Waals surface area (Å²) in [6.45, 7) is 0.788. The molecule has 11 heteroatoms. The van der Waals surface area contributed by atoms with Crippen molar-refractivity contribution in [3.63, 3.8) is 0 Å². The molecule has 0 atom stereocenters. The summed E-state index contributed by atoms with van der Waals surface area (Å²) in [6, 6.07) is 15.7. The quantitative estimate of drug-likeness (QED) is 0.174. The van der Waals surface area contributed by atoms with Crippen LogP contribution >= 0.6 is 34.8 Å². The van der Waals surface area contributed by atoms with E-state index in [9.17, 15) is 4.39 Å². The molecule has 40 heavy (non-hydrogen) atoms. The minimum absolute atomic E-state index is 0.117. The van der Waals surface area contributed by atoms with Crippen LogP contribution in [-0.4, -0.2) is 30.7 Å². The molecule has 4 aromatic heterocycles. The SMILES string of the molecule is Fc1cccc2[nH]c(-c3cc(Cl)[n+](Cc4ccc5c(cc6n5CCc5nnc(Cl)cc5-6)c4F)nc3CCCl)cc12. The van der Waals surface area contributed by atoms with Gasteiger partial charge in [-0.05, 0) is 59.2 Å². The third-order valence-corrected chi connectivity index (χ3v) is 8.08. The number of fused-ring (bicyclic) bond motifs is 6. The van der Waals surface area contributed by atoms with Gasteiger partial charge in [-0.1, -0.05) is 22.3 Å². The summed E-state index contributed by atoms with van der Waals surface area (Å²) in [7, 11) is 0. The number of hydrogen-bond acceptors (Lipinski definition) is 3. The zero-order valence-corrected chi connectivity index (χ0v) is 23.1. The van der Waals surface area contributed by atoms with Crippen molar-refractivity contribution in [2.24, 2.45) is 0 Å². The summed E-state index contributed by atoms with van der Waals surface area (Å²) in [4.78, 5) is 3.24. The highest BCUT2D eigenvalue weighted by atomic mass is 35.5. The number of aromatic amines is 1. The van der Waals surface area contributed by atoms with Crippen LogP contribution in [0.5, 0.6) is 0 Å². The number of hydrogen-bond donors (Lipinski definition) is 1. The zero-order valence-electron chi connectivity index (χ0n) is 20.9. The predicted octanol–water partition coefficient (Wildman–Crippen LogP) is 6.90. The molecular formula is C29H20Cl3F2N6+. The number of alkyl halides is 1. The first-order valence-corrected chi connectivity index (χ1v) is 14.0. The largest absolute Gasteiger partial charge is 0.354 e. The van der Waals surface area contributed by atoms with Crippen molar-refractivity contribution in [1.82, 2.24) is 24.8 Å². The topological polar surface area (TPSA) is 63.3 Å². The lowest BCUT2D eigenvalue weighted by molar-refractivity contribution is -0.744. The fourth-order valence-corrected chi connectivity index (χ4v) is 6.05. The number of nitrogens with one attached hydrogen (secondary N) is 1. The number of rotatable bonds is 5. The van der Waals surface area contributed by atoms with Crippen LogP contribution in [0, 0.1) is 11.6 Å². The van der Waals surface area contributed by atoms with Gasteiger partial charge in [0.15, 0.2) is 5.15 Å². The van der Waals surface area contributed by atoms with Gasteiger partial charge in [-0.2, -0.15) is 5.10 Å². The van der Waals surface area contributed by atoms with Crippen LogP contribution in [0.25, 0.3) is 44.3 Å². The molecule has 0 saturated heterocycles. The summed E-state index contributed by atoms with van der Waals surface area (Å²) in [5.41, 5.74) is 6.53. The van der Waals surface area contributed by atoms with Gasteiger partial charge in [0.1, 0.15) is 17.3 Å². The van der Waals surface area contributed by atoms with Crippen LogP contribution in [0.3, 0.4) is 0 Å². The van der Waals surface area contributed by atoms with E-state index in [1.54, 1.807) is 41.1 Å². The minimum atomic E-state index is -0.339. The van der Waals surface area contributed by atoms with E-state index in [2.05, 4.69) is 19.7 Å². The van der Waals surface area contributed by atoms with E-state index < -0.39 is 0 Å². The second kappa shape index (κ2) is 9.80. The molecule has 0 unspecified atom stereocenters. The molecule has 0 radical (unpaired) electrons. The van der Waals surface area contributed by atoms with E-state index in [0.717, 1.165) is 22.5 Å². The molecule has 0 aliphatic carbocycles. The van der Waals surface area contributed by atoms with Gasteiger partial charge in [-0.15, -0.1) is 16.7 Å². The van der Waals surface area contributed by atoms with Gasteiger partial charge in [0.2, 0.25) is 6.54 Å². The number of benzene rings is 2. The van der Waals surface area contributed by atoms with E-state index >= 15 is 4.39 Å². The monoisotopic (exact) mass is 595 g/mol. The summed E-state index contributed by atoms with van der Waals surface area (Å²) < 4.78 is 33.9. The van der Waals surface area contributed by atoms with Gasteiger partial charge >= 0.3 is 5.15 Å². The smallest absolute Gasteiger partial charge is 0.301 e. The van der Waals surface area contributed by atoms with Gasteiger partial charge in [-0.3, -0.25) is 0 Å². The summed E-state index contributed by atoms with van der Waals surface area (Å²) in [5.74, 6) is -0.335. The second-order valence-corrected chi connectivity index (χ2v) is 10.9. The van der Waals surface area contributed by atoms with Crippen molar-refractivity contribution < 1.29 is 13.5 Å². The lowest BCUT2D eigenvalue weighted by atomic mass is 10.1. The Hall–Kier alpha value is -3.59. The maximum atomic E-state index is 16.0. The van der Waals surface area contributed by atoms with Crippen LogP contribution in [0.1, 0.15) is 17.0 Å². The molecule has 0 bridgehead atoms. The third-order valence-electron chi connectivity index (χ3n) is 7.40. The number of H-pyrrole nitrogens is 1. The van der Waals surface area contributed by atoms with Crippen LogP contribution in [0.15, 0.2) is 54.6 Å². The highest BCUT2D eigenvalue weighted by Crippen LogP contribution is 2.36. The minimum Gasteiger partial charge on any atom is -0.354 e. The van der Waals surface area contributed by atoms with Gasteiger partial charge in [0.25, 0.3) is 0 Å². The predicted molar refractivity (Wildman–Crippen MR) is 152 cm³/mol. The van der Waals surface area contributed by atoms with Crippen molar-refractivity contribution in [2.45, 2.75) is 25.9 Å². The number of aromatic nitrogens is 6. The Morgan fingerprint density at radius 3 is 2.67 bits per heavy atom. The zero-order chi connectivity index (χ0) is 27.5.